The first-order valence-electron chi connectivity index (χ1n) is 7.95. The lowest BCUT2D eigenvalue weighted by atomic mass is 10.1. The van der Waals surface area contributed by atoms with Crippen LogP contribution in [0, 0.1) is 13.8 Å². The van der Waals surface area contributed by atoms with Crippen molar-refractivity contribution in [1.29, 1.82) is 0 Å². The van der Waals surface area contributed by atoms with E-state index in [9.17, 15) is 9.59 Å². The second-order valence-corrected chi connectivity index (χ2v) is 5.94. The number of methoxy groups -OCH3 is 1. The Morgan fingerprint density at radius 2 is 1.92 bits per heavy atom. The van der Waals surface area contributed by atoms with Crippen LogP contribution in [0.15, 0.2) is 51.7 Å². The standard InChI is InChI=1S/C20H19NO4/c1-12-8-13(2)18(24-3)15(9-12)11-21-19(22)16-10-14-6-4-5-7-17(14)25-20(16)23/h4-10H,11H2,1-3H3,(H,21,22). The van der Waals surface area contributed by atoms with E-state index in [-0.39, 0.29) is 12.1 Å². The van der Waals surface area contributed by atoms with Gasteiger partial charge in [-0.3, -0.25) is 4.79 Å². The molecule has 5 heteroatoms. The number of nitrogens with one attached hydrogen (secondary N) is 1. The number of fused-ring (bicyclic) bond motifs is 1. The van der Waals surface area contributed by atoms with Gasteiger partial charge in [0.05, 0.1) is 7.11 Å². The summed E-state index contributed by atoms with van der Waals surface area (Å²) < 4.78 is 10.6. The molecule has 0 bridgehead atoms. The molecule has 3 rings (SSSR count). The fraction of sp³-hybridized carbons (Fsp3) is 0.200. The number of hydrogen-bond acceptors (Lipinski definition) is 4. The molecule has 0 saturated heterocycles. The van der Waals surface area contributed by atoms with E-state index in [0.29, 0.717) is 11.0 Å². The van der Waals surface area contributed by atoms with Crippen LogP contribution in [-0.4, -0.2) is 13.0 Å². The van der Waals surface area contributed by atoms with Crippen LogP contribution in [0.5, 0.6) is 5.75 Å². The quantitative estimate of drug-likeness (QED) is 0.741. The normalized spacial score (nSPS) is 10.7. The number of rotatable bonds is 4. The first-order chi connectivity index (χ1) is 12.0. The van der Waals surface area contributed by atoms with Crippen molar-refractivity contribution in [3.05, 3.63) is 75.1 Å². The SMILES string of the molecule is COc1c(C)cc(C)cc1CNC(=O)c1cc2ccccc2oc1=O. The summed E-state index contributed by atoms with van der Waals surface area (Å²) in [4.78, 5) is 24.5. The van der Waals surface area contributed by atoms with Gasteiger partial charge in [0.2, 0.25) is 0 Å². The highest BCUT2D eigenvalue weighted by Gasteiger charge is 2.15. The summed E-state index contributed by atoms with van der Waals surface area (Å²) in [5, 5.41) is 3.48. The van der Waals surface area contributed by atoms with E-state index in [2.05, 4.69) is 5.32 Å². The molecule has 0 saturated carbocycles. The largest absolute Gasteiger partial charge is 0.496 e. The first-order valence-corrected chi connectivity index (χ1v) is 7.95. The van der Waals surface area contributed by atoms with Crippen LogP contribution >= 0.6 is 0 Å². The minimum absolute atomic E-state index is 0.0120. The van der Waals surface area contributed by atoms with Crippen molar-refractivity contribution in [2.75, 3.05) is 7.11 Å². The summed E-state index contributed by atoms with van der Waals surface area (Å²) in [6.07, 6.45) is 0. The maximum absolute atomic E-state index is 12.4. The number of benzene rings is 2. The average molecular weight is 337 g/mol. The maximum Gasteiger partial charge on any atom is 0.349 e. The van der Waals surface area contributed by atoms with E-state index in [1.165, 1.54) is 0 Å². The fourth-order valence-electron chi connectivity index (χ4n) is 2.96. The number of aryl methyl sites for hydroxylation is 2. The number of ether oxygens (including phenoxy) is 1. The Bertz CT molecular complexity index is 1000. The van der Waals surface area contributed by atoms with E-state index >= 15 is 0 Å². The molecule has 128 valence electrons. The molecule has 0 fully saturated rings. The lowest BCUT2D eigenvalue weighted by Crippen LogP contribution is -2.28. The first kappa shape index (κ1) is 16.8. The molecule has 0 atom stereocenters. The maximum atomic E-state index is 12.4. The second kappa shape index (κ2) is 6.81. The number of hydrogen-bond donors (Lipinski definition) is 1. The zero-order valence-corrected chi connectivity index (χ0v) is 14.4. The molecule has 0 aliphatic rings. The molecular weight excluding hydrogens is 318 g/mol. The van der Waals surface area contributed by atoms with Crippen molar-refractivity contribution in [2.24, 2.45) is 0 Å². The molecule has 5 nitrogen and oxygen atoms in total. The molecule has 1 amide bonds. The molecule has 0 spiro atoms. The monoisotopic (exact) mass is 337 g/mol. The van der Waals surface area contributed by atoms with Gasteiger partial charge in [-0.15, -0.1) is 0 Å². The third kappa shape index (κ3) is 3.40. The van der Waals surface area contributed by atoms with Crippen molar-refractivity contribution in [3.8, 4) is 5.75 Å². The summed E-state index contributed by atoms with van der Waals surface area (Å²) in [5.74, 6) is 0.261. The second-order valence-electron chi connectivity index (χ2n) is 5.94. The van der Waals surface area contributed by atoms with E-state index in [4.69, 9.17) is 9.15 Å². The predicted molar refractivity (Wildman–Crippen MR) is 96.1 cm³/mol. The summed E-state index contributed by atoms with van der Waals surface area (Å²) in [7, 11) is 1.60. The average Bonchev–Trinajstić information content (AvgIpc) is 2.58. The number of carbonyl (C=O) groups is 1. The van der Waals surface area contributed by atoms with Gasteiger partial charge in [0, 0.05) is 17.5 Å². The van der Waals surface area contributed by atoms with Crippen LogP contribution < -0.4 is 15.7 Å². The lowest BCUT2D eigenvalue weighted by Gasteiger charge is -2.13. The van der Waals surface area contributed by atoms with Crippen molar-refractivity contribution in [3.63, 3.8) is 0 Å². The van der Waals surface area contributed by atoms with Crippen LogP contribution in [0.1, 0.15) is 27.0 Å². The smallest absolute Gasteiger partial charge is 0.349 e. The molecule has 1 heterocycles. The van der Waals surface area contributed by atoms with Gasteiger partial charge in [0.25, 0.3) is 5.91 Å². The third-order valence-electron chi connectivity index (χ3n) is 4.03. The highest BCUT2D eigenvalue weighted by Crippen LogP contribution is 2.25. The van der Waals surface area contributed by atoms with E-state index in [0.717, 1.165) is 22.4 Å². The van der Waals surface area contributed by atoms with Crippen LogP contribution in [0.3, 0.4) is 0 Å². The van der Waals surface area contributed by atoms with Crippen molar-refractivity contribution in [1.82, 2.24) is 5.32 Å². The van der Waals surface area contributed by atoms with Crippen LogP contribution in [0.4, 0.5) is 0 Å². The highest BCUT2D eigenvalue weighted by molar-refractivity contribution is 5.96. The van der Waals surface area contributed by atoms with Gasteiger partial charge in [0.15, 0.2) is 0 Å². The molecule has 25 heavy (non-hydrogen) atoms. The number of amides is 1. The summed E-state index contributed by atoms with van der Waals surface area (Å²) in [5.41, 5.74) is 2.73. The van der Waals surface area contributed by atoms with E-state index in [1.807, 2.05) is 32.0 Å². The van der Waals surface area contributed by atoms with Gasteiger partial charge in [0.1, 0.15) is 16.9 Å². The van der Waals surface area contributed by atoms with Crippen molar-refractivity contribution < 1.29 is 13.9 Å². The minimum Gasteiger partial charge on any atom is -0.496 e. The van der Waals surface area contributed by atoms with E-state index < -0.39 is 11.5 Å². The summed E-state index contributed by atoms with van der Waals surface area (Å²) >= 11 is 0. The fourth-order valence-corrected chi connectivity index (χ4v) is 2.96. The predicted octanol–water partition coefficient (Wildman–Crippen LogP) is 3.35. The molecule has 1 aromatic heterocycles. The van der Waals surface area contributed by atoms with Gasteiger partial charge in [-0.2, -0.15) is 0 Å². The van der Waals surface area contributed by atoms with Crippen molar-refractivity contribution in [2.45, 2.75) is 20.4 Å². The molecule has 0 unspecified atom stereocenters. The van der Waals surface area contributed by atoms with Crippen molar-refractivity contribution >= 4 is 16.9 Å². The van der Waals surface area contributed by atoms with Crippen LogP contribution in [0.2, 0.25) is 0 Å². The Kier molecular flexibility index (Phi) is 4.57. The Balaban J connectivity index is 1.87. The Hall–Kier alpha value is -3.08. The molecule has 0 aliphatic heterocycles. The Labute approximate surface area is 145 Å². The summed E-state index contributed by atoms with van der Waals surface area (Å²) in [6.45, 7) is 4.20. The Morgan fingerprint density at radius 3 is 2.68 bits per heavy atom. The molecular formula is C20H19NO4. The number of para-hydroxylation sites is 1. The summed E-state index contributed by atoms with van der Waals surface area (Å²) in [6, 6.07) is 12.6. The molecule has 3 aromatic rings. The van der Waals surface area contributed by atoms with Gasteiger partial charge >= 0.3 is 5.63 Å². The van der Waals surface area contributed by atoms with Gasteiger partial charge in [-0.05, 0) is 31.5 Å². The minimum atomic E-state index is -0.649. The topological polar surface area (TPSA) is 68.5 Å². The van der Waals surface area contributed by atoms with Gasteiger partial charge in [-0.25, -0.2) is 4.79 Å². The molecule has 2 aromatic carbocycles. The van der Waals surface area contributed by atoms with Gasteiger partial charge in [-0.1, -0.05) is 35.9 Å². The van der Waals surface area contributed by atoms with E-state index in [1.54, 1.807) is 31.4 Å². The molecule has 0 aliphatic carbocycles. The Morgan fingerprint density at radius 1 is 1.16 bits per heavy atom. The van der Waals surface area contributed by atoms with Crippen LogP contribution in [-0.2, 0) is 6.54 Å². The van der Waals surface area contributed by atoms with Gasteiger partial charge < -0.3 is 14.5 Å². The number of carbonyl (C=O) groups excluding carboxylic acids is 1. The molecule has 1 N–H and O–H groups in total. The third-order valence-corrected chi connectivity index (χ3v) is 4.03. The zero-order chi connectivity index (χ0) is 18.0. The lowest BCUT2D eigenvalue weighted by molar-refractivity contribution is 0.0947. The molecule has 0 radical (unpaired) electrons. The zero-order valence-electron chi connectivity index (χ0n) is 14.4. The highest BCUT2D eigenvalue weighted by atomic mass is 16.5. The van der Waals surface area contributed by atoms with Crippen LogP contribution in [0.25, 0.3) is 11.0 Å².